The Labute approximate surface area is 228 Å². The average Bonchev–Trinajstić information content (AvgIpc) is 2.89. The highest BCUT2D eigenvalue weighted by Gasteiger charge is 2.34. The maximum atomic E-state index is 15.7. The van der Waals surface area contributed by atoms with Gasteiger partial charge in [0.25, 0.3) is 0 Å². The van der Waals surface area contributed by atoms with Gasteiger partial charge in [-0.3, -0.25) is 4.79 Å². The van der Waals surface area contributed by atoms with Crippen LogP contribution in [-0.4, -0.2) is 60.3 Å². The van der Waals surface area contributed by atoms with Crippen LogP contribution in [0.25, 0.3) is 16.6 Å². The molecule has 0 atom stereocenters. The highest BCUT2D eigenvalue weighted by molar-refractivity contribution is 6.21. The fourth-order valence-corrected chi connectivity index (χ4v) is 4.97. The van der Waals surface area contributed by atoms with E-state index < -0.39 is 22.6 Å². The van der Waals surface area contributed by atoms with E-state index in [2.05, 4.69) is 4.98 Å². The molecule has 0 amide bonds. The van der Waals surface area contributed by atoms with Gasteiger partial charge in [-0.1, -0.05) is 18.2 Å². The highest BCUT2D eigenvalue weighted by Crippen LogP contribution is 2.42. The van der Waals surface area contributed by atoms with Crippen LogP contribution in [0, 0.1) is 5.82 Å². The molecule has 2 aromatic carbocycles. The van der Waals surface area contributed by atoms with Gasteiger partial charge in [0.15, 0.2) is 17.0 Å². The molecule has 39 heavy (non-hydrogen) atoms. The van der Waals surface area contributed by atoms with Gasteiger partial charge in [0.2, 0.25) is 0 Å². The molecule has 0 radical (unpaired) electrons. The smallest absolute Gasteiger partial charge is 0.415 e. The maximum Gasteiger partial charge on any atom is 0.487 e. The van der Waals surface area contributed by atoms with Crippen molar-refractivity contribution in [3.05, 3.63) is 88.6 Å². The van der Waals surface area contributed by atoms with Crippen LogP contribution in [0.4, 0.5) is 24.7 Å². The predicted molar refractivity (Wildman–Crippen MR) is 147 cm³/mol. The summed E-state index contributed by atoms with van der Waals surface area (Å²) in [5.74, 6) is -0.571. The molecule has 1 fully saturated rings. The van der Waals surface area contributed by atoms with Gasteiger partial charge in [0, 0.05) is 68.5 Å². The minimum atomic E-state index is -4.14. The molecular weight excluding hydrogens is 531 g/mol. The van der Waals surface area contributed by atoms with Crippen LogP contribution in [0.3, 0.4) is 0 Å². The summed E-state index contributed by atoms with van der Waals surface area (Å²) in [4.78, 5) is 22.8. The molecule has 5 rings (SSSR count). The van der Waals surface area contributed by atoms with Crippen LogP contribution in [0.15, 0.2) is 71.8 Å². The number of rotatable bonds is 7. The predicted octanol–water partition coefficient (Wildman–Crippen LogP) is 5.08. The number of aromatic nitrogens is 2. The Bertz CT molecular complexity index is 1520. The van der Waals surface area contributed by atoms with Crippen LogP contribution in [0.5, 0.6) is 5.75 Å². The molecular formula is C28H27ClF3N5O2. The van der Waals surface area contributed by atoms with Gasteiger partial charge in [-0.15, -0.1) is 8.78 Å². The van der Waals surface area contributed by atoms with E-state index in [1.54, 1.807) is 27.8 Å². The van der Waals surface area contributed by atoms with E-state index in [0.29, 0.717) is 38.4 Å². The first kappa shape index (κ1) is 26.8. The Morgan fingerprint density at radius 2 is 1.72 bits per heavy atom. The Balaban J connectivity index is 1.63. The minimum Gasteiger partial charge on any atom is -0.415 e. The van der Waals surface area contributed by atoms with E-state index in [4.69, 9.17) is 16.3 Å². The van der Waals surface area contributed by atoms with E-state index in [-0.39, 0.29) is 16.6 Å². The summed E-state index contributed by atoms with van der Waals surface area (Å²) in [5, 5.41) is -0.0980. The van der Waals surface area contributed by atoms with Crippen LogP contribution < -0.4 is 20.0 Å². The summed E-state index contributed by atoms with van der Waals surface area (Å²) in [6, 6.07) is 15.3. The number of nitrogens with zero attached hydrogens (tertiary/aromatic N) is 5. The van der Waals surface area contributed by atoms with Crippen molar-refractivity contribution in [3.63, 3.8) is 0 Å². The van der Waals surface area contributed by atoms with Crippen molar-refractivity contribution in [1.29, 1.82) is 0 Å². The summed E-state index contributed by atoms with van der Waals surface area (Å²) in [6.45, 7) is 2.26. The molecule has 1 aliphatic rings. The Kier molecular flexibility index (Phi) is 7.42. The molecule has 204 valence electrons. The van der Waals surface area contributed by atoms with Gasteiger partial charge >= 0.3 is 5.57 Å². The number of ether oxygens (including phenoxy) is 1. The zero-order valence-corrected chi connectivity index (χ0v) is 22.2. The molecule has 4 aromatic rings. The normalized spacial score (nSPS) is 14.3. The standard InChI is InChI=1S/C28H27ClF3N5O2/c1-34(2)18-19-6-8-20(9-7-19)37-12-10-23(38)21-17-22(30)26(27(25(21)37)39-28(29,31)32)36-15-13-35(14-16-36)24-5-3-4-11-33-24/h3-12,17H,13-16,18H2,1-2H3. The lowest BCUT2D eigenvalue weighted by atomic mass is 10.1. The first-order valence-corrected chi connectivity index (χ1v) is 12.8. The lowest BCUT2D eigenvalue weighted by Crippen LogP contribution is -2.47. The average molecular weight is 558 g/mol. The van der Waals surface area contributed by atoms with E-state index in [1.807, 2.05) is 54.2 Å². The third kappa shape index (κ3) is 5.81. The maximum absolute atomic E-state index is 15.7. The summed E-state index contributed by atoms with van der Waals surface area (Å²) in [5.41, 5.74) is -3.21. The summed E-state index contributed by atoms with van der Waals surface area (Å²) in [6.07, 6.45) is 3.15. The SMILES string of the molecule is CN(C)Cc1ccc(-n2ccc(=O)c3cc(F)c(N4CCN(c5ccccn5)CC4)c(OC(F)(F)Cl)c32)cc1. The molecule has 0 saturated carbocycles. The van der Waals surface area contributed by atoms with Crippen LogP contribution in [-0.2, 0) is 6.54 Å². The second-order valence-electron chi connectivity index (χ2n) is 9.60. The Morgan fingerprint density at radius 3 is 2.33 bits per heavy atom. The number of alkyl halides is 3. The van der Waals surface area contributed by atoms with E-state index in [1.165, 1.54) is 12.3 Å². The Morgan fingerprint density at radius 1 is 1.03 bits per heavy atom. The second-order valence-corrected chi connectivity index (χ2v) is 10.0. The van der Waals surface area contributed by atoms with Crippen molar-refractivity contribution in [2.45, 2.75) is 12.1 Å². The zero-order valence-electron chi connectivity index (χ0n) is 21.5. The number of benzene rings is 2. The minimum absolute atomic E-state index is 0.00624. The number of pyridine rings is 2. The number of piperazine rings is 1. The van der Waals surface area contributed by atoms with Crippen molar-refractivity contribution in [2.24, 2.45) is 0 Å². The zero-order chi connectivity index (χ0) is 27.7. The quantitative estimate of drug-likeness (QED) is 0.295. The number of hydrogen-bond acceptors (Lipinski definition) is 6. The highest BCUT2D eigenvalue weighted by atomic mass is 35.5. The largest absolute Gasteiger partial charge is 0.487 e. The van der Waals surface area contributed by atoms with Gasteiger partial charge in [-0.05, 0) is 50.0 Å². The molecule has 0 unspecified atom stereocenters. The summed E-state index contributed by atoms with van der Waals surface area (Å²) < 4.78 is 50.5. The molecule has 0 spiro atoms. The molecule has 2 aromatic heterocycles. The first-order valence-electron chi connectivity index (χ1n) is 12.4. The number of halogens is 4. The van der Waals surface area contributed by atoms with Gasteiger partial charge in [0.05, 0.1) is 5.39 Å². The molecule has 1 aliphatic heterocycles. The lowest BCUT2D eigenvalue weighted by molar-refractivity contribution is -0.0954. The second kappa shape index (κ2) is 10.8. The van der Waals surface area contributed by atoms with Crippen LogP contribution >= 0.6 is 11.6 Å². The van der Waals surface area contributed by atoms with Gasteiger partial charge in [-0.25, -0.2) is 9.37 Å². The number of hydrogen-bond donors (Lipinski definition) is 0. The molecule has 0 N–H and O–H groups in total. The summed E-state index contributed by atoms with van der Waals surface area (Å²) in [7, 11) is 3.90. The molecule has 0 bridgehead atoms. The topological polar surface area (TPSA) is 53.8 Å². The van der Waals surface area contributed by atoms with Gasteiger partial charge in [0.1, 0.15) is 17.0 Å². The number of anilines is 2. The van der Waals surface area contributed by atoms with Crippen molar-refractivity contribution >= 4 is 34.0 Å². The monoisotopic (exact) mass is 557 g/mol. The van der Waals surface area contributed by atoms with E-state index in [9.17, 15) is 13.6 Å². The molecule has 1 saturated heterocycles. The summed E-state index contributed by atoms with van der Waals surface area (Å²) >= 11 is 5.24. The molecule has 0 aliphatic carbocycles. The fraction of sp³-hybridized carbons (Fsp3) is 0.286. The first-order chi connectivity index (χ1) is 18.6. The molecule has 7 nitrogen and oxygen atoms in total. The lowest BCUT2D eigenvalue weighted by Gasteiger charge is -2.37. The third-order valence-electron chi connectivity index (χ3n) is 6.56. The van der Waals surface area contributed by atoms with Crippen LogP contribution in [0.2, 0.25) is 0 Å². The van der Waals surface area contributed by atoms with Crippen molar-refractivity contribution < 1.29 is 17.9 Å². The fourth-order valence-electron chi connectivity index (χ4n) is 4.89. The third-order valence-corrected chi connectivity index (χ3v) is 6.64. The van der Waals surface area contributed by atoms with E-state index >= 15 is 4.39 Å². The van der Waals surface area contributed by atoms with Gasteiger partial charge < -0.3 is 24.0 Å². The Hall–Kier alpha value is -3.76. The molecule has 3 heterocycles. The van der Waals surface area contributed by atoms with Crippen molar-refractivity contribution in [1.82, 2.24) is 14.5 Å². The van der Waals surface area contributed by atoms with Gasteiger partial charge in [-0.2, -0.15) is 0 Å². The van der Waals surface area contributed by atoms with Crippen molar-refractivity contribution in [2.75, 3.05) is 50.1 Å². The van der Waals surface area contributed by atoms with Crippen LogP contribution in [0.1, 0.15) is 5.56 Å². The van der Waals surface area contributed by atoms with E-state index in [0.717, 1.165) is 17.4 Å². The van der Waals surface area contributed by atoms with Crippen molar-refractivity contribution in [3.8, 4) is 11.4 Å². The number of fused-ring (bicyclic) bond motifs is 1. The molecule has 11 heteroatoms.